The summed E-state index contributed by atoms with van der Waals surface area (Å²) >= 11 is 0. The number of amides is 1. The number of hydrogen-bond donors (Lipinski definition) is 7. The van der Waals surface area contributed by atoms with Gasteiger partial charge in [0.1, 0.15) is 30.5 Å². The number of unbranched alkanes of at least 4 members (excludes halogenated alkanes) is 15. The van der Waals surface area contributed by atoms with Gasteiger partial charge in [-0.2, -0.15) is 0 Å². The third kappa shape index (κ3) is 23.0. The SMILES string of the molecule is CCCCCCC/C=C/CC/C=C/CC/C=C/C(O)C(COC1OC(CO)C(O)C(O)C1O)NC(=O)C(O)CCCC/C=C\CCCCCCCC. The molecule has 1 rings (SSSR count). The van der Waals surface area contributed by atoms with E-state index in [9.17, 15) is 35.4 Å². The molecular formula is C42H75NO9. The van der Waals surface area contributed by atoms with Gasteiger partial charge < -0.3 is 45.4 Å². The number of carbonyl (C=O) groups is 1. The summed E-state index contributed by atoms with van der Waals surface area (Å²) in [7, 11) is 0. The summed E-state index contributed by atoms with van der Waals surface area (Å²) in [5.74, 6) is -0.651. The van der Waals surface area contributed by atoms with Crippen LogP contribution >= 0.6 is 0 Å². The normalized spacial score (nSPS) is 23.0. The molecule has 1 aliphatic heterocycles. The Morgan fingerprint density at radius 3 is 1.67 bits per heavy atom. The maximum absolute atomic E-state index is 12.9. The maximum atomic E-state index is 12.9. The van der Waals surface area contributed by atoms with Gasteiger partial charge in [0, 0.05) is 0 Å². The zero-order chi connectivity index (χ0) is 38.2. The van der Waals surface area contributed by atoms with E-state index in [0.29, 0.717) is 12.8 Å². The average molecular weight is 738 g/mol. The van der Waals surface area contributed by atoms with Crippen molar-refractivity contribution >= 4 is 5.91 Å². The third-order valence-corrected chi connectivity index (χ3v) is 9.46. The van der Waals surface area contributed by atoms with E-state index in [-0.39, 0.29) is 13.0 Å². The van der Waals surface area contributed by atoms with Crippen molar-refractivity contribution in [3.63, 3.8) is 0 Å². The molecule has 0 bridgehead atoms. The van der Waals surface area contributed by atoms with Gasteiger partial charge in [-0.1, -0.05) is 127 Å². The first-order chi connectivity index (χ1) is 25.3. The second-order valence-electron chi connectivity index (χ2n) is 14.2. The molecule has 0 aromatic carbocycles. The van der Waals surface area contributed by atoms with Crippen LogP contribution in [0.5, 0.6) is 0 Å². The fraction of sp³-hybridized carbons (Fsp3) is 0.786. The van der Waals surface area contributed by atoms with Crippen LogP contribution in [-0.2, 0) is 14.3 Å². The van der Waals surface area contributed by atoms with Gasteiger partial charge in [-0.3, -0.25) is 4.79 Å². The van der Waals surface area contributed by atoms with Crippen LogP contribution in [0.2, 0.25) is 0 Å². The van der Waals surface area contributed by atoms with Crippen LogP contribution in [0.3, 0.4) is 0 Å². The van der Waals surface area contributed by atoms with Gasteiger partial charge in [-0.25, -0.2) is 0 Å². The first kappa shape index (κ1) is 48.1. The number of carbonyl (C=O) groups excluding carboxylic acids is 1. The zero-order valence-corrected chi connectivity index (χ0v) is 32.4. The molecule has 1 aliphatic rings. The molecule has 0 aromatic heterocycles. The molecule has 7 N–H and O–H groups in total. The summed E-state index contributed by atoms with van der Waals surface area (Å²) in [6, 6.07) is -1.01. The molecule has 0 saturated carbocycles. The van der Waals surface area contributed by atoms with Gasteiger partial charge in [0.25, 0.3) is 0 Å². The van der Waals surface area contributed by atoms with Crippen molar-refractivity contribution in [3.05, 3.63) is 48.6 Å². The number of rotatable bonds is 32. The number of aliphatic hydroxyl groups excluding tert-OH is 6. The fourth-order valence-electron chi connectivity index (χ4n) is 6.01. The van der Waals surface area contributed by atoms with Crippen molar-refractivity contribution in [1.82, 2.24) is 5.32 Å². The highest BCUT2D eigenvalue weighted by molar-refractivity contribution is 5.80. The van der Waals surface area contributed by atoms with E-state index in [4.69, 9.17) is 9.47 Å². The van der Waals surface area contributed by atoms with Crippen LogP contribution in [0, 0.1) is 0 Å². The second kappa shape index (κ2) is 32.5. The van der Waals surface area contributed by atoms with E-state index >= 15 is 0 Å². The summed E-state index contributed by atoms with van der Waals surface area (Å²) in [5, 5.41) is 64.3. The molecule has 0 radical (unpaired) electrons. The summed E-state index contributed by atoms with van der Waals surface area (Å²) < 4.78 is 11.1. The molecule has 10 heteroatoms. The molecule has 0 aliphatic carbocycles. The highest BCUT2D eigenvalue weighted by Crippen LogP contribution is 2.22. The third-order valence-electron chi connectivity index (χ3n) is 9.46. The quantitative estimate of drug-likeness (QED) is 0.0303. The molecule has 302 valence electrons. The lowest BCUT2D eigenvalue weighted by molar-refractivity contribution is -0.302. The predicted molar refractivity (Wildman–Crippen MR) is 209 cm³/mol. The first-order valence-electron chi connectivity index (χ1n) is 20.5. The summed E-state index contributed by atoms with van der Waals surface area (Å²) in [6.07, 6.45) is 29.2. The standard InChI is InChI=1S/C42H75NO9/c1-3-5-7-9-11-13-15-17-18-19-21-22-24-26-28-30-35(45)34(33-51-42-40(49)39(48)38(47)37(32-44)52-42)43-41(50)36(46)31-29-27-25-23-20-16-14-12-10-8-6-4-2/h15,17,20-23,28,30,34-40,42,44-49H,3-14,16,18-19,24-27,29,31-33H2,1-2H3,(H,43,50)/b17-15+,22-21+,23-20-,30-28+. The lowest BCUT2D eigenvalue weighted by atomic mass is 9.99. The van der Waals surface area contributed by atoms with Gasteiger partial charge in [0.2, 0.25) is 5.91 Å². The Labute approximate surface area is 315 Å². The van der Waals surface area contributed by atoms with Crippen LogP contribution < -0.4 is 5.32 Å². The molecule has 8 unspecified atom stereocenters. The minimum Gasteiger partial charge on any atom is -0.394 e. The number of hydrogen-bond acceptors (Lipinski definition) is 9. The average Bonchev–Trinajstić information content (AvgIpc) is 3.14. The Hall–Kier alpha value is -1.89. The summed E-state index contributed by atoms with van der Waals surface area (Å²) in [6.45, 7) is 3.51. The highest BCUT2D eigenvalue weighted by atomic mass is 16.7. The molecule has 1 amide bonds. The second-order valence-corrected chi connectivity index (χ2v) is 14.2. The number of nitrogens with one attached hydrogen (secondary N) is 1. The molecular weight excluding hydrogens is 662 g/mol. The van der Waals surface area contributed by atoms with E-state index in [0.717, 1.165) is 44.9 Å². The van der Waals surface area contributed by atoms with E-state index in [2.05, 4.69) is 55.6 Å². The van der Waals surface area contributed by atoms with Crippen LogP contribution in [0.25, 0.3) is 0 Å². The molecule has 10 nitrogen and oxygen atoms in total. The van der Waals surface area contributed by atoms with Crippen LogP contribution in [0.4, 0.5) is 0 Å². The minimum absolute atomic E-state index is 0.268. The van der Waals surface area contributed by atoms with E-state index in [1.165, 1.54) is 70.6 Å². The van der Waals surface area contributed by atoms with E-state index in [1.807, 2.05) is 6.08 Å². The Bertz CT molecular complexity index is 969. The number of aliphatic hydroxyl groups is 6. The Morgan fingerprint density at radius 1 is 0.654 bits per heavy atom. The topological polar surface area (TPSA) is 169 Å². The van der Waals surface area contributed by atoms with Gasteiger partial charge in [0.15, 0.2) is 6.29 Å². The largest absolute Gasteiger partial charge is 0.394 e. The monoisotopic (exact) mass is 738 g/mol. The summed E-state index contributed by atoms with van der Waals surface area (Å²) in [5.41, 5.74) is 0. The lowest BCUT2D eigenvalue weighted by Gasteiger charge is -2.40. The van der Waals surface area contributed by atoms with Crippen molar-refractivity contribution in [3.8, 4) is 0 Å². The Morgan fingerprint density at radius 2 is 1.13 bits per heavy atom. The van der Waals surface area contributed by atoms with Gasteiger partial charge >= 0.3 is 0 Å². The maximum Gasteiger partial charge on any atom is 0.249 e. The fourth-order valence-corrected chi connectivity index (χ4v) is 6.01. The van der Waals surface area contributed by atoms with E-state index in [1.54, 1.807) is 6.08 Å². The van der Waals surface area contributed by atoms with Crippen LogP contribution in [0.1, 0.15) is 149 Å². The predicted octanol–water partition coefficient (Wildman–Crippen LogP) is 6.47. The lowest BCUT2D eigenvalue weighted by Crippen LogP contribution is -2.60. The van der Waals surface area contributed by atoms with Crippen molar-refractivity contribution < 1.29 is 44.9 Å². The van der Waals surface area contributed by atoms with Crippen LogP contribution in [-0.4, -0.2) is 98.7 Å². The van der Waals surface area contributed by atoms with E-state index < -0.39 is 61.5 Å². The van der Waals surface area contributed by atoms with Crippen molar-refractivity contribution in [2.75, 3.05) is 13.2 Å². The molecule has 0 aromatic rings. The van der Waals surface area contributed by atoms with Gasteiger partial charge in [-0.15, -0.1) is 0 Å². The molecule has 1 saturated heterocycles. The van der Waals surface area contributed by atoms with Gasteiger partial charge in [0.05, 0.1) is 25.4 Å². The molecule has 1 heterocycles. The Kier molecular flexibility index (Phi) is 30.1. The number of ether oxygens (including phenoxy) is 2. The molecule has 0 spiro atoms. The molecule has 52 heavy (non-hydrogen) atoms. The molecule has 1 fully saturated rings. The van der Waals surface area contributed by atoms with Crippen molar-refractivity contribution in [1.29, 1.82) is 0 Å². The zero-order valence-electron chi connectivity index (χ0n) is 32.4. The van der Waals surface area contributed by atoms with Crippen LogP contribution in [0.15, 0.2) is 48.6 Å². The smallest absolute Gasteiger partial charge is 0.249 e. The van der Waals surface area contributed by atoms with Gasteiger partial charge in [-0.05, 0) is 70.6 Å². The van der Waals surface area contributed by atoms with Crippen molar-refractivity contribution in [2.45, 2.75) is 198 Å². The van der Waals surface area contributed by atoms with Crippen molar-refractivity contribution in [2.24, 2.45) is 0 Å². The highest BCUT2D eigenvalue weighted by Gasteiger charge is 2.44. The first-order valence-corrected chi connectivity index (χ1v) is 20.5. The Balaban J connectivity index is 2.56. The number of allylic oxidation sites excluding steroid dienone is 7. The molecule has 8 atom stereocenters. The minimum atomic E-state index is -1.62. The summed E-state index contributed by atoms with van der Waals surface area (Å²) in [4.78, 5) is 12.9.